The Morgan fingerprint density at radius 3 is 2.69 bits per heavy atom. The Morgan fingerprint density at radius 2 is 2.25 bits per heavy atom. The molecule has 0 saturated carbocycles. The number of piperidine rings is 1. The average molecular weight is 240 g/mol. The molecule has 0 radical (unpaired) electrons. The van der Waals surface area contributed by atoms with Gasteiger partial charge in [-0.15, -0.1) is 11.8 Å². The molecule has 0 aromatic heterocycles. The van der Waals surface area contributed by atoms with Crippen LogP contribution in [0.4, 0.5) is 0 Å². The first-order valence-electron chi connectivity index (χ1n) is 5.94. The van der Waals surface area contributed by atoms with Gasteiger partial charge in [-0.1, -0.05) is 19.1 Å². The molecule has 1 atom stereocenters. The Morgan fingerprint density at radius 1 is 1.62 bits per heavy atom. The van der Waals surface area contributed by atoms with Crippen molar-refractivity contribution in [2.75, 3.05) is 19.6 Å². The van der Waals surface area contributed by atoms with Crippen LogP contribution < -0.4 is 5.32 Å². The molecule has 4 heteroatoms. The van der Waals surface area contributed by atoms with Crippen LogP contribution in [0.25, 0.3) is 0 Å². The summed E-state index contributed by atoms with van der Waals surface area (Å²) in [5.74, 6) is 0.155. The molecule has 0 unspecified atom stereocenters. The number of hydrogen-bond donors (Lipinski definition) is 1. The number of carbonyl (C=O) groups excluding carboxylic acids is 1. The minimum atomic E-state index is -0.0341. The van der Waals surface area contributed by atoms with Gasteiger partial charge >= 0.3 is 0 Å². The van der Waals surface area contributed by atoms with E-state index in [0.29, 0.717) is 0 Å². The maximum atomic E-state index is 11.8. The lowest BCUT2D eigenvalue weighted by atomic mass is 10.0. The summed E-state index contributed by atoms with van der Waals surface area (Å²) >= 11 is 1.78. The third-order valence-electron chi connectivity index (χ3n) is 3.49. The maximum Gasteiger partial charge on any atom is 0.238 e. The zero-order chi connectivity index (χ0) is 11.8. The number of carbonyl (C=O) groups is 1. The Hall–Kier alpha value is -0.480. The largest absolute Gasteiger partial charge is 0.340 e. The second-order valence-electron chi connectivity index (χ2n) is 4.76. The summed E-state index contributed by atoms with van der Waals surface area (Å²) in [5.41, 5.74) is 0.970. The molecule has 2 heterocycles. The van der Waals surface area contributed by atoms with Gasteiger partial charge in [0.25, 0.3) is 0 Å². The summed E-state index contributed by atoms with van der Waals surface area (Å²) in [7, 11) is 0. The molecule has 1 N–H and O–H groups in total. The van der Waals surface area contributed by atoms with Gasteiger partial charge in [-0.2, -0.15) is 0 Å². The predicted molar refractivity (Wildman–Crippen MR) is 68.4 cm³/mol. The molecule has 3 nitrogen and oxygen atoms in total. The van der Waals surface area contributed by atoms with Crippen molar-refractivity contribution in [2.45, 2.75) is 36.8 Å². The van der Waals surface area contributed by atoms with E-state index in [-0.39, 0.29) is 16.0 Å². The average Bonchev–Trinajstić information content (AvgIpc) is 2.57. The molecule has 0 aliphatic carbocycles. The highest BCUT2D eigenvalue weighted by Gasteiger charge is 2.46. The van der Waals surface area contributed by atoms with E-state index < -0.39 is 0 Å². The number of rotatable bonds is 2. The standard InChI is InChI=1S/C12H20N2OS/c1-4-14-7-5-12(6-8-14)13-11(15)10(16-12)9(2)3/h10H,2,4-8H2,1,3H3,(H,13,15)/t10-/m0/s1. The zero-order valence-corrected chi connectivity index (χ0v) is 10.9. The summed E-state index contributed by atoms with van der Waals surface area (Å²) in [6.45, 7) is 11.3. The lowest BCUT2D eigenvalue weighted by Crippen LogP contribution is -2.49. The quantitative estimate of drug-likeness (QED) is 0.744. The van der Waals surface area contributed by atoms with Gasteiger partial charge in [0.05, 0.1) is 4.87 Å². The number of thioether (sulfide) groups is 1. The van der Waals surface area contributed by atoms with Crippen molar-refractivity contribution >= 4 is 17.7 Å². The summed E-state index contributed by atoms with van der Waals surface area (Å²) in [6.07, 6.45) is 2.11. The van der Waals surface area contributed by atoms with Crippen LogP contribution in [0.2, 0.25) is 0 Å². The van der Waals surface area contributed by atoms with Crippen LogP contribution >= 0.6 is 11.8 Å². The first kappa shape index (κ1) is 12.0. The molecule has 16 heavy (non-hydrogen) atoms. The monoisotopic (exact) mass is 240 g/mol. The van der Waals surface area contributed by atoms with E-state index in [1.807, 2.05) is 6.92 Å². The Labute approximate surface area is 102 Å². The van der Waals surface area contributed by atoms with E-state index >= 15 is 0 Å². The maximum absolute atomic E-state index is 11.8. The number of amides is 1. The Balaban J connectivity index is 2.02. The van der Waals surface area contributed by atoms with E-state index in [4.69, 9.17) is 0 Å². The second-order valence-corrected chi connectivity index (χ2v) is 6.25. The van der Waals surface area contributed by atoms with Crippen LogP contribution in [0.15, 0.2) is 12.2 Å². The van der Waals surface area contributed by atoms with Crippen molar-refractivity contribution in [1.82, 2.24) is 10.2 Å². The molecule has 2 aliphatic rings. The molecule has 0 bridgehead atoms. The lowest BCUT2D eigenvalue weighted by molar-refractivity contribution is -0.120. The fourth-order valence-electron chi connectivity index (χ4n) is 2.40. The number of likely N-dealkylation sites (tertiary alicyclic amines) is 1. The van der Waals surface area contributed by atoms with E-state index in [2.05, 4.69) is 23.7 Å². The van der Waals surface area contributed by atoms with E-state index in [1.165, 1.54) is 0 Å². The minimum absolute atomic E-state index is 0.00757. The van der Waals surface area contributed by atoms with Gasteiger partial charge in [0, 0.05) is 13.1 Å². The van der Waals surface area contributed by atoms with Gasteiger partial charge in [0.2, 0.25) is 5.91 Å². The van der Waals surface area contributed by atoms with Crippen LogP contribution in [0, 0.1) is 0 Å². The van der Waals surface area contributed by atoms with Crippen LogP contribution in [0.3, 0.4) is 0 Å². The number of nitrogens with zero attached hydrogens (tertiary/aromatic N) is 1. The van der Waals surface area contributed by atoms with Crippen LogP contribution in [0.5, 0.6) is 0 Å². The molecule has 90 valence electrons. The summed E-state index contributed by atoms with van der Waals surface area (Å²) in [4.78, 5) is 14.3. The van der Waals surface area contributed by atoms with Gasteiger partial charge in [-0.05, 0) is 26.3 Å². The number of hydrogen-bond acceptors (Lipinski definition) is 3. The topological polar surface area (TPSA) is 32.3 Å². The second kappa shape index (κ2) is 4.41. The Bertz CT molecular complexity index is 308. The first-order chi connectivity index (χ1) is 7.56. The first-order valence-corrected chi connectivity index (χ1v) is 6.82. The molecular weight excluding hydrogens is 220 g/mol. The van der Waals surface area contributed by atoms with E-state index in [0.717, 1.165) is 38.0 Å². The molecule has 1 spiro atoms. The van der Waals surface area contributed by atoms with Crippen LogP contribution in [-0.4, -0.2) is 40.6 Å². The van der Waals surface area contributed by atoms with Gasteiger partial charge < -0.3 is 10.2 Å². The molecule has 0 aromatic carbocycles. The molecule has 0 aromatic rings. The van der Waals surface area contributed by atoms with Crippen molar-refractivity contribution < 1.29 is 4.79 Å². The van der Waals surface area contributed by atoms with Gasteiger partial charge in [0.1, 0.15) is 5.25 Å². The molecule has 2 fully saturated rings. The minimum Gasteiger partial charge on any atom is -0.340 e. The van der Waals surface area contributed by atoms with Crippen molar-refractivity contribution in [2.24, 2.45) is 0 Å². The van der Waals surface area contributed by atoms with Gasteiger partial charge in [-0.25, -0.2) is 0 Å². The third kappa shape index (κ3) is 2.13. The summed E-state index contributed by atoms with van der Waals surface area (Å²) in [5, 5.41) is 3.15. The van der Waals surface area contributed by atoms with Crippen molar-refractivity contribution in [1.29, 1.82) is 0 Å². The highest BCUT2D eigenvalue weighted by Crippen LogP contribution is 2.43. The summed E-state index contributed by atoms with van der Waals surface area (Å²) in [6, 6.07) is 0. The van der Waals surface area contributed by atoms with Crippen LogP contribution in [0.1, 0.15) is 26.7 Å². The van der Waals surface area contributed by atoms with E-state index in [9.17, 15) is 4.79 Å². The van der Waals surface area contributed by atoms with Gasteiger partial charge in [-0.3, -0.25) is 4.79 Å². The smallest absolute Gasteiger partial charge is 0.238 e. The van der Waals surface area contributed by atoms with E-state index in [1.54, 1.807) is 11.8 Å². The summed E-state index contributed by atoms with van der Waals surface area (Å²) < 4.78 is 0. The van der Waals surface area contributed by atoms with Gasteiger partial charge in [0.15, 0.2) is 0 Å². The lowest BCUT2D eigenvalue weighted by Gasteiger charge is -2.38. The molecule has 2 aliphatic heterocycles. The van der Waals surface area contributed by atoms with Crippen molar-refractivity contribution in [3.63, 3.8) is 0 Å². The fourth-order valence-corrected chi connectivity index (χ4v) is 3.79. The fraction of sp³-hybridized carbons (Fsp3) is 0.750. The molecule has 1 amide bonds. The number of nitrogens with one attached hydrogen (secondary N) is 1. The highest BCUT2D eigenvalue weighted by atomic mass is 32.2. The normalized spacial score (nSPS) is 29.4. The third-order valence-corrected chi connectivity index (χ3v) is 5.30. The molecule has 2 rings (SSSR count). The van der Waals surface area contributed by atoms with Crippen molar-refractivity contribution in [3.05, 3.63) is 12.2 Å². The van der Waals surface area contributed by atoms with Crippen molar-refractivity contribution in [3.8, 4) is 0 Å². The SMILES string of the molecule is C=C(C)[C@@H]1SC2(CCN(CC)CC2)NC1=O. The highest BCUT2D eigenvalue weighted by molar-refractivity contribution is 8.02. The predicted octanol–water partition coefficient (Wildman–Crippen LogP) is 1.61. The molecular formula is C12H20N2OS. The zero-order valence-electron chi connectivity index (χ0n) is 10.1. The van der Waals surface area contributed by atoms with Crippen LogP contribution in [-0.2, 0) is 4.79 Å². The Kier molecular flexibility index (Phi) is 3.31. The molecule has 2 saturated heterocycles.